The molecule has 0 aromatic heterocycles. The smallest absolute Gasteiger partial charge is 0.287 e. The summed E-state index contributed by atoms with van der Waals surface area (Å²) >= 11 is 5.66. The fourth-order valence-electron chi connectivity index (χ4n) is 1.20. The van der Waals surface area contributed by atoms with E-state index in [0.29, 0.717) is 0 Å². The zero-order valence-corrected chi connectivity index (χ0v) is 9.94. The van der Waals surface area contributed by atoms with Crippen molar-refractivity contribution in [1.82, 2.24) is 5.32 Å². The molecule has 0 unspecified atom stereocenters. The second kappa shape index (κ2) is 5.97. The molecule has 18 heavy (non-hydrogen) atoms. The lowest BCUT2D eigenvalue weighted by molar-refractivity contribution is -0.384. The van der Waals surface area contributed by atoms with Crippen LogP contribution in [0, 0.1) is 10.1 Å². The maximum absolute atomic E-state index is 11.6. The predicted molar refractivity (Wildman–Crippen MR) is 64.3 cm³/mol. The molecule has 2 amide bonds. The molecular weight excluding hydrogens is 262 g/mol. The third-order valence-corrected chi connectivity index (χ3v) is 2.37. The molecule has 0 aliphatic heterocycles. The van der Waals surface area contributed by atoms with Crippen LogP contribution in [0.2, 0.25) is 5.02 Å². The van der Waals surface area contributed by atoms with E-state index in [9.17, 15) is 19.7 Å². The van der Waals surface area contributed by atoms with E-state index in [1.54, 1.807) is 0 Å². The molecule has 0 aliphatic carbocycles. The first-order valence-corrected chi connectivity index (χ1v) is 5.30. The summed E-state index contributed by atoms with van der Waals surface area (Å²) in [6.45, 7) is 0.1000. The van der Waals surface area contributed by atoms with Crippen molar-refractivity contribution in [1.29, 1.82) is 0 Å². The molecule has 96 valence electrons. The Morgan fingerprint density at radius 2 is 2.11 bits per heavy atom. The molecule has 0 atom stereocenters. The van der Waals surface area contributed by atoms with Crippen molar-refractivity contribution < 1.29 is 14.5 Å². The largest absolute Gasteiger partial charge is 0.370 e. The number of nitrogens with one attached hydrogen (secondary N) is 1. The predicted octanol–water partition coefficient (Wildman–Crippen LogP) is 0.853. The van der Waals surface area contributed by atoms with E-state index in [0.717, 1.165) is 6.07 Å². The summed E-state index contributed by atoms with van der Waals surface area (Å²) in [6.07, 6.45) is 0.0203. The minimum absolute atomic E-state index is 0.0203. The van der Waals surface area contributed by atoms with Crippen molar-refractivity contribution in [3.8, 4) is 0 Å². The number of hydrogen-bond donors (Lipinski definition) is 2. The molecule has 3 N–H and O–H groups in total. The fourth-order valence-corrected chi connectivity index (χ4v) is 1.45. The zero-order valence-electron chi connectivity index (χ0n) is 9.18. The van der Waals surface area contributed by atoms with Gasteiger partial charge < -0.3 is 11.1 Å². The van der Waals surface area contributed by atoms with E-state index in [-0.39, 0.29) is 29.2 Å². The van der Waals surface area contributed by atoms with Gasteiger partial charge in [-0.15, -0.1) is 0 Å². The van der Waals surface area contributed by atoms with E-state index in [1.165, 1.54) is 12.1 Å². The Hall–Kier alpha value is -2.15. The average Bonchev–Trinajstić information content (AvgIpc) is 2.27. The summed E-state index contributed by atoms with van der Waals surface area (Å²) in [4.78, 5) is 31.9. The van der Waals surface area contributed by atoms with Crippen LogP contribution in [0.4, 0.5) is 5.69 Å². The Bertz CT molecular complexity index is 504. The van der Waals surface area contributed by atoms with Crippen molar-refractivity contribution in [3.05, 3.63) is 38.9 Å². The van der Waals surface area contributed by atoms with Crippen molar-refractivity contribution in [3.63, 3.8) is 0 Å². The summed E-state index contributed by atoms with van der Waals surface area (Å²) in [5.41, 5.74) is 4.81. The van der Waals surface area contributed by atoms with Crippen molar-refractivity contribution in [2.75, 3.05) is 6.54 Å². The second-order valence-electron chi connectivity index (χ2n) is 3.40. The van der Waals surface area contributed by atoms with Crippen molar-refractivity contribution in [2.45, 2.75) is 6.42 Å². The molecule has 0 aliphatic rings. The van der Waals surface area contributed by atoms with Gasteiger partial charge in [-0.2, -0.15) is 0 Å². The molecule has 8 heteroatoms. The average molecular weight is 272 g/mol. The summed E-state index contributed by atoms with van der Waals surface area (Å²) in [7, 11) is 0. The van der Waals surface area contributed by atoms with Crippen LogP contribution in [0.25, 0.3) is 0 Å². The Labute approximate surface area is 107 Å². The molecule has 0 radical (unpaired) electrons. The highest BCUT2D eigenvalue weighted by molar-refractivity contribution is 6.33. The third-order valence-electron chi connectivity index (χ3n) is 2.06. The van der Waals surface area contributed by atoms with Crippen LogP contribution < -0.4 is 11.1 Å². The minimum atomic E-state index is -0.642. The van der Waals surface area contributed by atoms with Crippen LogP contribution in [-0.2, 0) is 4.79 Å². The quantitative estimate of drug-likeness (QED) is 0.610. The maximum Gasteiger partial charge on any atom is 0.287 e. The Morgan fingerprint density at radius 1 is 1.44 bits per heavy atom. The lowest BCUT2D eigenvalue weighted by Gasteiger charge is -2.04. The minimum Gasteiger partial charge on any atom is -0.370 e. The van der Waals surface area contributed by atoms with E-state index in [1.807, 2.05) is 0 Å². The Balaban J connectivity index is 2.72. The van der Waals surface area contributed by atoms with Gasteiger partial charge in [-0.1, -0.05) is 11.6 Å². The molecule has 0 heterocycles. The second-order valence-corrected chi connectivity index (χ2v) is 3.80. The number of amides is 2. The first kappa shape index (κ1) is 13.9. The lowest BCUT2D eigenvalue weighted by atomic mass is 10.2. The molecule has 1 rings (SSSR count). The number of nitro benzene ring substituents is 1. The maximum atomic E-state index is 11.6. The van der Waals surface area contributed by atoms with E-state index < -0.39 is 16.7 Å². The summed E-state index contributed by atoms with van der Waals surface area (Å²) in [5.74, 6) is -1.01. The van der Waals surface area contributed by atoms with Crippen LogP contribution in [-0.4, -0.2) is 23.3 Å². The number of nitrogens with two attached hydrogens (primary N) is 1. The highest BCUT2D eigenvalue weighted by Crippen LogP contribution is 2.24. The number of rotatable bonds is 5. The number of primary amides is 1. The van der Waals surface area contributed by atoms with E-state index in [2.05, 4.69) is 5.32 Å². The van der Waals surface area contributed by atoms with Gasteiger partial charge in [-0.05, 0) is 12.1 Å². The van der Waals surface area contributed by atoms with Gasteiger partial charge in [-0.25, -0.2) is 0 Å². The third kappa shape index (κ3) is 3.70. The monoisotopic (exact) mass is 271 g/mol. The Morgan fingerprint density at radius 3 is 2.61 bits per heavy atom. The summed E-state index contributed by atoms with van der Waals surface area (Å²) in [5, 5.41) is 12.8. The van der Waals surface area contributed by atoms with Gasteiger partial charge >= 0.3 is 0 Å². The van der Waals surface area contributed by atoms with Gasteiger partial charge in [0.05, 0.1) is 4.92 Å². The lowest BCUT2D eigenvalue weighted by Crippen LogP contribution is -2.27. The zero-order chi connectivity index (χ0) is 13.7. The van der Waals surface area contributed by atoms with Crippen LogP contribution in [0.1, 0.15) is 16.8 Å². The summed E-state index contributed by atoms with van der Waals surface area (Å²) < 4.78 is 0. The van der Waals surface area contributed by atoms with Crippen LogP contribution >= 0.6 is 11.6 Å². The molecule has 1 aromatic carbocycles. The highest BCUT2D eigenvalue weighted by atomic mass is 35.5. The van der Waals surface area contributed by atoms with Crippen molar-refractivity contribution in [2.24, 2.45) is 5.73 Å². The number of carbonyl (C=O) groups excluding carboxylic acids is 2. The van der Waals surface area contributed by atoms with Gasteiger partial charge in [0.2, 0.25) is 5.91 Å². The van der Waals surface area contributed by atoms with Crippen LogP contribution in [0.5, 0.6) is 0 Å². The molecule has 0 bridgehead atoms. The number of halogens is 1. The van der Waals surface area contributed by atoms with Gasteiger partial charge in [-0.3, -0.25) is 19.7 Å². The Kier molecular flexibility index (Phi) is 4.61. The van der Waals surface area contributed by atoms with Crippen molar-refractivity contribution >= 4 is 29.1 Å². The van der Waals surface area contributed by atoms with E-state index in [4.69, 9.17) is 17.3 Å². The van der Waals surface area contributed by atoms with Crippen LogP contribution in [0.3, 0.4) is 0 Å². The highest BCUT2D eigenvalue weighted by Gasteiger charge is 2.15. The fraction of sp³-hybridized carbons (Fsp3) is 0.200. The number of carbonyl (C=O) groups is 2. The molecule has 0 saturated carbocycles. The first-order chi connectivity index (χ1) is 8.41. The number of benzene rings is 1. The number of nitro groups is 1. The van der Waals surface area contributed by atoms with Gasteiger partial charge in [0.25, 0.3) is 11.6 Å². The summed E-state index contributed by atoms with van der Waals surface area (Å²) in [6, 6.07) is 3.62. The molecule has 0 fully saturated rings. The van der Waals surface area contributed by atoms with E-state index >= 15 is 0 Å². The van der Waals surface area contributed by atoms with Crippen LogP contribution in [0.15, 0.2) is 18.2 Å². The first-order valence-electron chi connectivity index (χ1n) is 4.92. The van der Waals surface area contributed by atoms with Gasteiger partial charge in [0.1, 0.15) is 5.02 Å². The molecule has 7 nitrogen and oxygen atoms in total. The standard InChI is InChI=1S/C10H10ClN3O4/c11-7-5-6(1-2-8(7)14(17)18)10(16)13-4-3-9(12)15/h1-2,5H,3-4H2,(H2,12,15)(H,13,16). The SMILES string of the molecule is NC(=O)CCNC(=O)c1ccc([N+](=O)[O-])c(Cl)c1. The number of hydrogen-bond acceptors (Lipinski definition) is 4. The molecule has 0 saturated heterocycles. The number of nitrogens with zero attached hydrogens (tertiary/aromatic N) is 1. The molecule has 0 spiro atoms. The topological polar surface area (TPSA) is 115 Å². The van der Waals surface area contributed by atoms with Gasteiger partial charge in [0.15, 0.2) is 0 Å². The normalized spacial score (nSPS) is 9.83. The van der Waals surface area contributed by atoms with Gasteiger partial charge in [0, 0.05) is 24.6 Å². The molecule has 1 aromatic rings. The molecular formula is C10H10ClN3O4.